The maximum atomic E-state index is 6.81. The number of para-hydroxylation sites is 2. The first kappa shape index (κ1) is 86.8. The van der Waals surface area contributed by atoms with Gasteiger partial charge in [0.2, 0.25) is 0 Å². The second-order valence-corrected chi connectivity index (χ2v) is 41.0. The lowest BCUT2D eigenvalue weighted by molar-refractivity contribution is 0.169. The van der Waals surface area contributed by atoms with Crippen LogP contribution in [0.1, 0.15) is 119 Å². The van der Waals surface area contributed by atoms with Gasteiger partial charge in [-0.15, -0.1) is 0 Å². The van der Waals surface area contributed by atoms with Crippen LogP contribution in [0.25, 0.3) is 116 Å². The van der Waals surface area contributed by atoms with Gasteiger partial charge in [-0.2, -0.15) is 0 Å². The third-order valence-electron chi connectivity index (χ3n) is 30.5. The molecule has 28 rings (SSSR count). The number of halogens is 1. The van der Waals surface area contributed by atoms with Crippen LogP contribution in [0.2, 0.25) is 0 Å². The molecule has 0 radical (unpaired) electrons. The molecule has 2 aromatic heterocycles. The molecule has 6 aliphatic carbocycles. The van der Waals surface area contributed by atoms with E-state index in [0.29, 0.717) is 0 Å². The second-order valence-electron chi connectivity index (χ2n) is 39.7. The molecular weight excluding hydrogens is 1860 g/mol. The maximum absolute atomic E-state index is 6.81. The van der Waals surface area contributed by atoms with Gasteiger partial charge in [0.05, 0.1) is 16.7 Å². The average Bonchev–Trinajstić information content (AvgIpc) is 1.58. The van der Waals surface area contributed by atoms with Crippen molar-refractivity contribution in [2.24, 2.45) is 0 Å². The van der Waals surface area contributed by atoms with E-state index in [4.69, 9.17) is 18.9 Å². The van der Waals surface area contributed by atoms with E-state index in [1.54, 1.807) is 0 Å². The molecule has 20 aromatic carbocycles. The van der Waals surface area contributed by atoms with Crippen LogP contribution >= 0.6 is 22.6 Å². The fourth-order valence-corrected chi connectivity index (χ4v) is 23.5. The quantitative estimate of drug-likeness (QED) is 0.0814. The summed E-state index contributed by atoms with van der Waals surface area (Å²) in [4.78, 5) is 8.34. The van der Waals surface area contributed by atoms with Crippen LogP contribution in [0.3, 0.4) is 0 Å². The second kappa shape index (κ2) is 35.7. The van der Waals surface area contributed by atoms with Gasteiger partial charge in [-0.25, -0.2) is 0 Å². The monoisotopic (exact) mass is 1960 g/mol. The van der Waals surface area contributed by atoms with Gasteiger partial charge in [0.25, 0.3) is 0 Å². The summed E-state index contributed by atoms with van der Waals surface area (Å²) in [6.45, 7) is 9.40. The molecule has 22 aromatic rings. The van der Waals surface area contributed by atoms with Gasteiger partial charge in [0.1, 0.15) is 47.4 Å². The largest absolute Gasteiger partial charge is 0.485 e. The number of anilines is 6. The Kier molecular flexibility index (Phi) is 21.7. The van der Waals surface area contributed by atoms with Crippen LogP contribution < -0.4 is 28.7 Å². The lowest BCUT2D eigenvalue weighted by atomic mass is 9.82. The van der Waals surface area contributed by atoms with Gasteiger partial charge < -0.3 is 38.3 Å². The Morgan fingerprint density at radius 1 is 0.245 bits per heavy atom. The van der Waals surface area contributed by atoms with Gasteiger partial charge in [0, 0.05) is 131 Å². The minimum atomic E-state index is -0.116. The number of ether oxygens (including phenoxy) is 4. The molecule has 0 bridgehead atoms. The summed E-state index contributed by atoms with van der Waals surface area (Å²) in [6, 6.07) is 167. The zero-order valence-electron chi connectivity index (χ0n) is 79.9. The smallest absolute Gasteiger partial charge is 0.128 e. The molecule has 1 N–H and O–H groups in total. The van der Waals surface area contributed by atoms with E-state index in [1.165, 1.54) is 155 Å². The molecule has 4 unspecified atom stereocenters. The third kappa shape index (κ3) is 15.9. The number of aromatic amines is 1. The minimum Gasteiger partial charge on any atom is -0.485 e. The van der Waals surface area contributed by atoms with Gasteiger partial charge in [0.15, 0.2) is 0 Å². The molecule has 688 valence electrons. The van der Waals surface area contributed by atoms with E-state index in [1.807, 2.05) is 6.07 Å². The van der Waals surface area contributed by atoms with Crippen molar-refractivity contribution in [3.8, 4) is 95.4 Å². The first-order valence-electron chi connectivity index (χ1n) is 49.8. The van der Waals surface area contributed by atoms with Gasteiger partial charge >= 0.3 is 0 Å². The molecule has 8 nitrogen and oxygen atoms in total. The van der Waals surface area contributed by atoms with E-state index in [-0.39, 0.29) is 35.2 Å². The van der Waals surface area contributed by atoms with Crippen molar-refractivity contribution in [3.05, 3.63) is 531 Å². The fourth-order valence-electron chi connectivity index (χ4n) is 22.9. The molecule has 2 heterocycles. The molecule has 0 fully saturated rings. The summed E-state index contributed by atoms with van der Waals surface area (Å²) in [5.74, 6) is 3.38. The number of hydrogen-bond donors (Lipinski definition) is 1. The number of fused-ring (bicyclic) bond motifs is 16. The first-order valence-corrected chi connectivity index (χ1v) is 50.9. The van der Waals surface area contributed by atoms with Crippen molar-refractivity contribution < 1.29 is 18.9 Å². The minimum absolute atomic E-state index is 0.0107. The number of rotatable bonds is 19. The molecular formula is C134H101IN4O4. The summed E-state index contributed by atoms with van der Waals surface area (Å²) in [7, 11) is 0. The topological polar surface area (TPSA) is 64.1 Å². The molecule has 0 saturated heterocycles. The van der Waals surface area contributed by atoms with Crippen LogP contribution in [0.5, 0.6) is 23.0 Å². The van der Waals surface area contributed by atoms with Crippen molar-refractivity contribution in [1.29, 1.82) is 0 Å². The maximum Gasteiger partial charge on any atom is 0.128 e. The molecule has 0 amide bonds. The molecule has 6 aliphatic rings. The van der Waals surface area contributed by atoms with Gasteiger partial charge in [-0.05, 0) is 277 Å². The highest BCUT2D eigenvalue weighted by atomic mass is 127. The Balaban J connectivity index is 0.000000124. The number of benzene rings is 20. The number of hydrogen-bond acceptors (Lipinski definition) is 6. The van der Waals surface area contributed by atoms with Crippen molar-refractivity contribution in [2.45, 2.75) is 88.6 Å². The van der Waals surface area contributed by atoms with E-state index >= 15 is 0 Å². The Morgan fingerprint density at radius 3 is 0.993 bits per heavy atom. The zero-order valence-corrected chi connectivity index (χ0v) is 82.0. The predicted octanol–water partition coefficient (Wildman–Crippen LogP) is 35.3. The molecule has 0 spiro atoms. The molecule has 0 saturated carbocycles. The lowest BCUT2D eigenvalue weighted by Crippen LogP contribution is -2.23. The SMILES string of the molecule is CC1(C)c2ccccc2-c2ccc(N(c3ccc(-c4ccccc4)cc3)c3ccc(-c4ccc5[nH]c6ccccc6c5c4)cc3)cc21.CC1(C)c2ccccc2-c2ccc(N(c3ccc(-c4ccccc4)cc3)c3ccc(-c4ccc5c(c4)c4ccccc4n5-c4cc(OC5Cc6ccccc65)cc(OC5Cc6ccccc65)c4)cc3)cc21.Ic1cc(OC2Cc3ccccc32)cc(OC2Cc3ccccc32)c1. The van der Waals surface area contributed by atoms with Crippen molar-refractivity contribution in [3.63, 3.8) is 0 Å². The van der Waals surface area contributed by atoms with E-state index in [9.17, 15) is 0 Å². The predicted molar refractivity (Wildman–Crippen MR) is 596 cm³/mol. The standard InChI is InChI=1S/C67H50N2O2.C45H34N2.C22H17IO2/c1-67(2)61-22-12-10-20-57(61)58-34-33-51(41-62(58)67)68(49-29-24-44(25-30-49)43-14-4-3-5-15-43)50-31-26-45(27-32-50)46-28-35-64-60(36-46)59-21-11-13-23-63(59)69(64)52-39-53(70-65-37-47-16-6-8-18-55(47)65)42-54(40-52)71-66-38-48-17-7-9-19-56(48)66;1-45(2)41-14-8-6-12-37(41)38-26-25-36(29-42(38)45)47(34-21-16-31(17-22-34)30-10-4-3-5-11-30)35-23-18-32(19-24-35)33-20-27-44-40(28-33)39-13-7-9-15-43(39)46-44;23-16-11-17(24-21-9-14-5-1-3-7-19(14)21)13-18(12-16)25-22-10-15-6-2-4-8-20(15)22/h3-36,39-42,65-66H,37-38H2,1-2H3;3-29,46H,1-2H3;1-8,11-13,21-22H,9-10H2. The Bertz CT molecular complexity index is 8550. The third-order valence-corrected chi connectivity index (χ3v) is 31.1. The number of nitrogens with zero attached hydrogens (tertiary/aromatic N) is 3. The van der Waals surface area contributed by atoms with Gasteiger partial charge in [-0.3, -0.25) is 0 Å². The van der Waals surface area contributed by atoms with Crippen LogP contribution in [0.15, 0.2) is 461 Å². The van der Waals surface area contributed by atoms with Crippen molar-refractivity contribution in [2.75, 3.05) is 9.80 Å². The summed E-state index contributed by atoms with van der Waals surface area (Å²) < 4.78 is 29.6. The highest BCUT2D eigenvalue weighted by Crippen LogP contribution is 2.55. The Hall–Kier alpha value is -16.5. The molecule has 0 aliphatic heterocycles. The zero-order chi connectivity index (χ0) is 95.5. The van der Waals surface area contributed by atoms with Crippen LogP contribution in [0.4, 0.5) is 34.1 Å². The summed E-state index contributed by atoms with van der Waals surface area (Å²) in [5, 5.41) is 4.90. The Morgan fingerprint density at radius 2 is 0.559 bits per heavy atom. The van der Waals surface area contributed by atoms with Crippen LogP contribution in [-0.2, 0) is 36.5 Å². The molecule has 4 atom stereocenters. The Labute approximate surface area is 847 Å². The summed E-state index contributed by atoms with van der Waals surface area (Å²) >= 11 is 2.32. The molecule has 143 heavy (non-hydrogen) atoms. The normalized spacial score (nSPS) is 15.6. The van der Waals surface area contributed by atoms with Crippen molar-refractivity contribution >= 4 is 100 Å². The first-order chi connectivity index (χ1) is 70.2. The van der Waals surface area contributed by atoms with E-state index in [0.717, 1.165) is 114 Å². The average molecular weight is 1960 g/mol. The highest BCUT2D eigenvalue weighted by molar-refractivity contribution is 14.1. The van der Waals surface area contributed by atoms with Gasteiger partial charge in [-0.1, -0.05) is 343 Å². The molecule has 9 heteroatoms. The highest BCUT2D eigenvalue weighted by Gasteiger charge is 2.39. The summed E-state index contributed by atoms with van der Waals surface area (Å²) in [6.07, 6.45) is 4.09. The van der Waals surface area contributed by atoms with Crippen LogP contribution in [0, 0.1) is 3.57 Å². The van der Waals surface area contributed by atoms with Crippen LogP contribution in [-0.4, -0.2) is 9.55 Å². The number of H-pyrrole nitrogens is 1. The van der Waals surface area contributed by atoms with E-state index < -0.39 is 0 Å². The van der Waals surface area contributed by atoms with E-state index in [2.05, 4.69) is 525 Å². The lowest BCUT2D eigenvalue weighted by Gasteiger charge is -2.32. The fraction of sp³-hybridized carbons (Fsp3) is 0.104. The number of aromatic nitrogens is 2. The van der Waals surface area contributed by atoms with Crippen molar-refractivity contribution in [1.82, 2.24) is 9.55 Å². The number of nitrogens with one attached hydrogen (secondary N) is 1. The summed E-state index contributed by atoms with van der Waals surface area (Å²) in [5.41, 5.74) is 43.2.